The Labute approximate surface area is 344 Å². The third-order valence-electron chi connectivity index (χ3n) is 13.8. The van der Waals surface area contributed by atoms with E-state index in [4.69, 9.17) is 21.1 Å². The highest BCUT2D eigenvalue weighted by molar-refractivity contribution is 7.22. The van der Waals surface area contributed by atoms with Crippen molar-refractivity contribution in [3.05, 3.63) is 106 Å². The van der Waals surface area contributed by atoms with Gasteiger partial charge in [0.1, 0.15) is 29.6 Å². The fourth-order valence-electron chi connectivity index (χ4n) is 10.9. The zero-order chi connectivity index (χ0) is 40.2. The number of benzene rings is 2. The summed E-state index contributed by atoms with van der Waals surface area (Å²) in [5.41, 5.74) is 2.47. The molecule has 2 aromatic carbocycles. The van der Waals surface area contributed by atoms with Crippen molar-refractivity contribution in [3.63, 3.8) is 0 Å². The zero-order valence-electron chi connectivity index (χ0n) is 32.6. The van der Waals surface area contributed by atoms with Gasteiger partial charge in [-0.15, -0.1) is 11.3 Å². The number of anilines is 1. The van der Waals surface area contributed by atoms with Crippen LogP contribution in [-0.2, 0) is 39.4 Å². The minimum atomic E-state index is -1.28. The molecule has 5 aliphatic rings. The molecule has 3 aliphatic heterocycles. The molecular formula is C45H44ClN5O6S. The van der Waals surface area contributed by atoms with Gasteiger partial charge in [0, 0.05) is 48.5 Å². The Bertz CT molecular complexity index is 2550. The molecule has 3 aromatic heterocycles. The van der Waals surface area contributed by atoms with Gasteiger partial charge in [0.25, 0.3) is 0 Å². The molecule has 10 rings (SSSR count). The van der Waals surface area contributed by atoms with Gasteiger partial charge in [-0.2, -0.15) is 5.10 Å². The number of furan rings is 1. The van der Waals surface area contributed by atoms with Crippen molar-refractivity contribution in [2.24, 2.45) is 36.1 Å². The standard InChI is InChI=1S/C45H44ClN5O6S/c1-24-31-19-26(46)9-14-36(31)58-40(24)34-21-37(48(3)47-34)51-42(54)33-20-32-29(39(45(33,2)44(51)56)35-13-10-28(23-52)57-35)11-12-30-38(32)43(55)50(41(30)53)27-15-17-49(18-16-27)22-25-7-5-4-6-8-25/h4-11,13-14,19,21,27,30,32-33,38-39,52H,12,15-18,20,22-23H2,1-3H3/t30-,32+,33-,38-,39+,45+/m0/s1. The third kappa shape index (κ3) is 5.55. The summed E-state index contributed by atoms with van der Waals surface area (Å²) in [5.74, 6) is -3.00. The summed E-state index contributed by atoms with van der Waals surface area (Å²) in [6.45, 7) is 5.92. The molecule has 2 aliphatic carbocycles. The van der Waals surface area contributed by atoms with Crippen LogP contribution in [0.5, 0.6) is 0 Å². The van der Waals surface area contributed by atoms with Crippen LogP contribution in [-0.4, -0.2) is 67.4 Å². The first-order valence-electron chi connectivity index (χ1n) is 20.1. The summed E-state index contributed by atoms with van der Waals surface area (Å²) in [6.07, 6.45) is 4.06. The monoisotopic (exact) mass is 817 g/mol. The number of carbonyl (C=O) groups excluding carboxylic acids is 4. The molecule has 5 aromatic rings. The smallest absolute Gasteiger partial charge is 0.242 e. The van der Waals surface area contributed by atoms with Crippen LogP contribution in [0, 0.1) is 36.0 Å². The Morgan fingerprint density at radius 1 is 0.966 bits per heavy atom. The second kappa shape index (κ2) is 13.9. The number of likely N-dealkylation sites (tertiary alicyclic amines) is 2. The normalized spacial score (nSPS) is 27.7. The summed E-state index contributed by atoms with van der Waals surface area (Å²) in [6, 6.07) is 21.2. The van der Waals surface area contributed by atoms with E-state index in [9.17, 15) is 19.5 Å². The van der Waals surface area contributed by atoms with Crippen molar-refractivity contribution in [2.75, 3.05) is 18.0 Å². The van der Waals surface area contributed by atoms with E-state index in [-0.39, 0.29) is 42.7 Å². The van der Waals surface area contributed by atoms with Gasteiger partial charge in [-0.05, 0) is 92.3 Å². The summed E-state index contributed by atoms with van der Waals surface area (Å²) >= 11 is 7.91. The highest BCUT2D eigenvalue weighted by Gasteiger charge is 2.68. The molecule has 11 nitrogen and oxygen atoms in total. The molecule has 58 heavy (non-hydrogen) atoms. The Morgan fingerprint density at radius 2 is 1.74 bits per heavy atom. The van der Waals surface area contributed by atoms with Gasteiger partial charge in [0.15, 0.2) is 0 Å². The summed E-state index contributed by atoms with van der Waals surface area (Å²) < 4.78 is 8.86. The van der Waals surface area contributed by atoms with Crippen LogP contribution in [0.15, 0.2) is 82.8 Å². The van der Waals surface area contributed by atoms with Gasteiger partial charge in [0.2, 0.25) is 23.6 Å². The zero-order valence-corrected chi connectivity index (χ0v) is 34.1. The van der Waals surface area contributed by atoms with Gasteiger partial charge >= 0.3 is 0 Å². The summed E-state index contributed by atoms with van der Waals surface area (Å²) in [4.78, 5) is 65.1. The number of nitrogens with zero attached hydrogens (tertiary/aromatic N) is 5. The first-order chi connectivity index (χ1) is 28.0. The van der Waals surface area contributed by atoms with E-state index in [1.165, 1.54) is 10.5 Å². The number of thiophene rings is 1. The lowest BCUT2D eigenvalue weighted by Gasteiger charge is -2.48. The van der Waals surface area contributed by atoms with E-state index in [0.29, 0.717) is 47.3 Å². The number of carbonyl (C=O) groups is 4. The second-order valence-electron chi connectivity index (χ2n) is 16.9. The fourth-order valence-corrected chi connectivity index (χ4v) is 12.3. The number of allylic oxidation sites excluding steroid dienone is 2. The molecule has 1 saturated carbocycles. The predicted molar refractivity (Wildman–Crippen MR) is 220 cm³/mol. The van der Waals surface area contributed by atoms with Crippen LogP contribution in [0.3, 0.4) is 0 Å². The second-order valence-corrected chi connectivity index (χ2v) is 18.4. The Hall–Kier alpha value is -4.88. The first-order valence-corrected chi connectivity index (χ1v) is 21.3. The molecule has 13 heteroatoms. The number of hydrogen-bond donors (Lipinski definition) is 1. The summed E-state index contributed by atoms with van der Waals surface area (Å²) in [7, 11) is 1.73. The number of imide groups is 2. The van der Waals surface area contributed by atoms with Gasteiger partial charge in [-0.3, -0.25) is 33.7 Å². The van der Waals surface area contributed by atoms with E-state index in [0.717, 1.165) is 45.7 Å². The topological polar surface area (TPSA) is 129 Å². The maximum atomic E-state index is 15.1. The average molecular weight is 818 g/mol. The number of halogens is 1. The van der Waals surface area contributed by atoms with Crippen molar-refractivity contribution in [2.45, 2.75) is 64.6 Å². The van der Waals surface area contributed by atoms with E-state index >= 15 is 4.79 Å². The Balaban J connectivity index is 0.979. The van der Waals surface area contributed by atoms with Crippen molar-refractivity contribution < 1.29 is 28.7 Å². The van der Waals surface area contributed by atoms with Gasteiger partial charge in [-0.25, -0.2) is 4.90 Å². The number of aromatic nitrogens is 2. The maximum absolute atomic E-state index is 15.1. The molecule has 298 valence electrons. The third-order valence-corrected chi connectivity index (χ3v) is 15.3. The minimum Gasteiger partial charge on any atom is -0.463 e. The molecule has 0 spiro atoms. The van der Waals surface area contributed by atoms with Gasteiger partial charge < -0.3 is 9.52 Å². The number of rotatable bonds is 7. The summed E-state index contributed by atoms with van der Waals surface area (Å²) in [5, 5.41) is 16.5. The van der Waals surface area contributed by atoms with Gasteiger partial charge in [-0.1, -0.05) is 53.6 Å². The average Bonchev–Trinajstić information content (AvgIpc) is 4.02. The van der Waals surface area contributed by atoms with Crippen molar-refractivity contribution in [1.82, 2.24) is 19.6 Å². The minimum absolute atomic E-state index is 0.131. The lowest BCUT2D eigenvalue weighted by Crippen LogP contribution is -2.49. The van der Waals surface area contributed by atoms with Crippen molar-refractivity contribution >= 4 is 62.5 Å². The number of aliphatic hydroxyl groups is 1. The Morgan fingerprint density at radius 3 is 2.48 bits per heavy atom. The lowest BCUT2D eigenvalue weighted by atomic mass is 9.52. The van der Waals surface area contributed by atoms with Crippen LogP contribution in [0.1, 0.15) is 61.2 Å². The maximum Gasteiger partial charge on any atom is 0.242 e. The quantitative estimate of drug-likeness (QED) is 0.135. The molecule has 3 saturated heterocycles. The largest absolute Gasteiger partial charge is 0.463 e. The SMILES string of the molecule is Cc1c(-c2cc(N3C(=O)[C@@H]4C[C@@H]5C(=CC[C@@H]6C(=O)N(C7CCN(Cc8ccccc8)CC7)C(=O)[C@@H]65)[C@H](c5ccc(CO)o5)[C@]4(C)C3=O)n(C)n2)sc2ccc(Cl)cc12. The van der Waals surface area contributed by atoms with E-state index in [1.807, 2.05) is 56.3 Å². The lowest BCUT2D eigenvalue weighted by molar-refractivity contribution is -0.144. The molecule has 6 atom stereocenters. The Kier molecular flexibility index (Phi) is 8.94. The number of aliphatic hydroxyl groups excluding tert-OH is 1. The number of piperidine rings is 1. The fraction of sp³-hybridized carbons (Fsp3) is 0.400. The van der Waals surface area contributed by atoms with Gasteiger partial charge in [0.05, 0.1) is 34.0 Å². The van der Waals surface area contributed by atoms with Crippen LogP contribution in [0.2, 0.25) is 5.02 Å². The highest BCUT2D eigenvalue weighted by atomic mass is 35.5. The number of hydrogen-bond acceptors (Lipinski definition) is 9. The van der Waals surface area contributed by atoms with Crippen molar-refractivity contribution in [3.8, 4) is 10.6 Å². The van der Waals surface area contributed by atoms with Crippen LogP contribution >= 0.6 is 22.9 Å². The highest BCUT2D eigenvalue weighted by Crippen LogP contribution is 2.64. The molecule has 4 amide bonds. The molecule has 0 radical (unpaired) electrons. The van der Waals surface area contributed by atoms with Crippen molar-refractivity contribution in [1.29, 1.82) is 0 Å². The number of amides is 4. The molecule has 6 heterocycles. The number of fused-ring (bicyclic) bond motifs is 5. The van der Waals surface area contributed by atoms with Crippen LogP contribution in [0.25, 0.3) is 20.7 Å². The molecular weight excluding hydrogens is 774 g/mol. The van der Waals surface area contributed by atoms with Crippen LogP contribution in [0.4, 0.5) is 5.82 Å². The molecule has 1 N–H and O–H groups in total. The predicted octanol–water partition coefficient (Wildman–Crippen LogP) is 7.24. The van der Waals surface area contributed by atoms with E-state index < -0.39 is 35.0 Å². The molecule has 4 fully saturated rings. The van der Waals surface area contributed by atoms with E-state index in [1.54, 1.807) is 46.2 Å². The molecule has 0 bridgehead atoms. The van der Waals surface area contributed by atoms with E-state index in [2.05, 4.69) is 17.0 Å². The first kappa shape index (κ1) is 37.4. The number of aryl methyl sites for hydroxylation is 2. The van der Waals surface area contributed by atoms with Crippen LogP contribution < -0.4 is 4.90 Å². The molecule has 0 unspecified atom stereocenters.